The van der Waals surface area contributed by atoms with Crippen molar-refractivity contribution >= 4 is 17.0 Å². The van der Waals surface area contributed by atoms with Crippen LogP contribution in [0.1, 0.15) is 15.3 Å². The number of aliphatic hydroxyl groups is 1. The van der Waals surface area contributed by atoms with E-state index in [1.54, 1.807) is 24.3 Å². The van der Waals surface area contributed by atoms with E-state index in [0.717, 1.165) is 6.07 Å². The first kappa shape index (κ1) is 16.7. The Labute approximate surface area is 127 Å². The van der Waals surface area contributed by atoms with Crippen molar-refractivity contribution in [2.75, 3.05) is 5.32 Å². The smallest absolute Gasteiger partial charge is 0.392 e. The number of alkyl halides is 5. The number of halogens is 5. The molecule has 2 aromatic rings. The first-order valence-corrected chi connectivity index (χ1v) is 7.03. The molecule has 0 atom stereocenters. The van der Waals surface area contributed by atoms with Gasteiger partial charge in [0, 0.05) is 17.1 Å². The van der Waals surface area contributed by atoms with Crippen molar-refractivity contribution in [1.29, 1.82) is 0 Å². The Hall–Kier alpha value is -1.67. The van der Waals surface area contributed by atoms with Crippen molar-refractivity contribution in [1.82, 2.24) is 0 Å². The van der Waals surface area contributed by atoms with Crippen LogP contribution in [0.3, 0.4) is 0 Å². The number of benzene rings is 1. The average molecular weight is 337 g/mol. The minimum absolute atomic E-state index is 0.119. The summed E-state index contributed by atoms with van der Waals surface area (Å²) < 4.78 is 63.2. The summed E-state index contributed by atoms with van der Waals surface area (Å²) in [6.07, 6.45) is -5.60. The van der Waals surface area contributed by atoms with E-state index < -0.39 is 17.0 Å². The molecule has 2 rings (SSSR count). The summed E-state index contributed by atoms with van der Waals surface area (Å²) in [7, 11) is 0. The first-order chi connectivity index (χ1) is 10.2. The quantitative estimate of drug-likeness (QED) is 0.787. The molecule has 0 aliphatic carbocycles. The minimum Gasteiger partial charge on any atom is -0.392 e. The molecule has 8 heteroatoms. The van der Waals surface area contributed by atoms with E-state index in [1.807, 2.05) is 0 Å². The predicted molar refractivity (Wildman–Crippen MR) is 74.0 cm³/mol. The summed E-state index contributed by atoms with van der Waals surface area (Å²) >= 11 is 0.414. The Kier molecular flexibility index (Phi) is 4.72. The summed E-state index contributed by atoms with van der Waals surface area (Å²) in [5, 5.41) is 11.9. The molecule has 1 aromatic carbocycles. The van der Waals surface area contributed by atoms with E-state index in [2.05, 4.69) is 5.32 Å². The Bertz CT molecular complexity index is 638. The van der Waals surface area contributed by atoms with Gasteiger partial charge in [0.15, 0.2) is 0 Å². The number of thiophene rings is 1. The normalized spacial score (nSPS) is 12.5. The van der Waals surface area contributed by atoms with Gasteiger partial charge in [0.1, 0.15) is 0 Å². The highest BCUT2D eigenvalue weighted by molar-refractivity contribution is 7.12. The van der Waals surface area contributed by atoms with Gasteiger partial charge in [-0.05, 0) is 29.8 Å². The second kappa shape index (κ2) is 6.21. The highest BCUT2D eigenvalue weighted by atomic mass is 32.1. The van der Waals surface area contributed by atoms with Crippen LogP contribution in [0.2, 0.25) is 0 Å². The second-order valence-corrected chi connectivity index (χ2v) is 5.72. The zero-order valence-electron chi connectivity index (χ0n) is 11.1. The van der Waals surface area contributed by atoms with Crippen LogP contribution in [0.15, 0.2) is 36.4 Å². The molecule has 0 fully saturated rings. The van der Waals surface area contributed by atoms with Gasteiger partial charge in [0.05, 0.1) is 11.5 Å². The van der Waals surface area contributed by atoms with Gasteiger partial charge in [0.2, 0.25) is 0 Å². The van der Waals surface area contributed by atoms with E-state index in [-0.39, 0.29) is 13.2 Å². The topological polar surface area (TPSA) is 32.3 Å². The molecule has 0 saturated heterocycles. The maximum atomic E-state index is 13.2. The van der Waals surface area contributed by atoms with Crippen molar-refractivity contribution < 1.29 is 27.1 Å². The maximum Gasteiger partial charge on any atom is 0.458 e. The molecule has 0 unspecified atom stereocenters. The molecule has 0 aliphatic rings. The van der Waals surface area contributed by atoms with Crippen molar-refractivity contribution in [3.63, 3.8) is 0 Å². The van der Waals surface area contributed by atoms with Gasteiger partial charge in [-0.15, -0.1) is 11.3 Å². The molecule has 1 heterocycles. The van der Waals surface area contributed by atoms with E-state index in [1.165, 1.54) is 6.07 Å². The average Bonchev–Trinajstić information content (AvgIpc) is 2.93. The molecule has 0 amide bonds. The fourth-order valence-corrected chi connectivity index (χ4v) is 2.69. The third kappa shape index (κ3) is 3.56. The zero-order valence-corrected chi connectivity index (χ0v) is 11.9. The molecular formula is C14H12F5NOS. The third-order valence-corrected chi connectivity index (χ3v) is 4.06. The largest absolute Gasteiger partial charge is 0.458 e. The number of anilines is 1. The molecule has 0 saturated carbocycles. The van der Waals surface area contributed by atoms with E-state index in [0.29, 0.717) is 27.5 Å². The molecule has 0 radical (unpaired) electrons. The van der Waals surface area contributed by atoms with Crippen LogP contribution in [0.25, 0.3) is 0 Å². The van der Waals surface area contributed by atoms with Gasteiger partial charge in [-0.2, -0.15) is 22.0 Å². The van der Waals surface area contributed by atoms with Gasteiger partial charge in [-0.1, -0.05) is 12.1 Å². The summed E-state index contributed by atoms with van der Waals surface area (Å²) in [4.78, 5) is -0.672. The molecule has 1 aromatic heterocycles. The van der Waals surface area contributed by atoms with Crippen LogP contribution in [-0.2, 0) is 19.1 Å². The van der Waals surface area contributed by atoms with Crippen LogP contribution < -0.4 is 5.32 Å². The molecule has 120 valence electrons. The van der Waals surface area contributed by atoms with Crippen molar-refractivity contribution in [2.45, 2.75) is 25.3 Å². The first-order valence-electron chi connectivity index (χ1n) is 6.21. The number of hydrogen-bond acceptors (Lipinski definition) is 3. The van der Waals surface area contributed by atoms with Crippen molar-refractivity contribution in [3.05, 3.63) is 51.7 Å². The molecule has 0 bridgehead atoms. The fourth-order valence-electron chi connectivity index (χ4n) is 1.75. The molecule has 0 aliphatic heterocycles. The van der Waals surface area contributed by atoms with Crippen LogP contribution in [0, 0.1) is 0 Å². The minimum atomic E-state index is -5.60. The molecule has 22 heavy (non-hydrogen) atoms. The van der Waals surface area contributed by atoms with E-state index >= 15 is 0 Å². The van der Waals surface area contributed by atoms with Gasteiger partial charge >= 0.3 is 12.1 Å². The van der Waals surface area contributed by atoms with Crippen LogP contribution in [0.5, 0.6) is 0 Å². The lowest BCUT2D eigenvalue weighted by Crippen LogP contribution is -2.32. The lowest BCUT2D eigenvalue weighted by molar-refractivity contribution is -0.287. The highest BCUT2D eigenvalue weighted by Crippen LogP contribution is 2.46. The highest BCUT2D eigenvalue weighted by Gasteiger charge is 2.59. The molecular weight excluding hydrogens is 325 g/mol. The van der Waals surface area contributed by atoms with Crippen molar-refractivity contribution in [2.24, 2.45) is 0 Å². The van der Waals surface area contributed by atoms with Gasteiger partial charge < -0.3 is 10.4 Å². The Morgan fingerprint density at radius 1 is 1.05 bits per heavy atom. The number of hydrogen-bond donors (Lipinski definition) is 2. The molecule has 2 nitrogen and oxygen atoms in total. The van der Waals surface area contributed by atoms with Crippen LogP contribution in [0.4, 0.5) is 27.6 Å². The second-order valence-electron chi connectivity index (χ2n) is 4.55. The maximum absolute atomic E-state index is 13.2. The monoisotopic (exact) mass is 337 g/mol. The number of nitrogens with one attached hydrogen (secondary N) is 1. The van der Waals surface area contributed by atoms with E-state index in [4.69, 9.17) is 5.11 Å². The predicted octanol–water partition coefficient (Wildman–Crippen LogP) is 4.51. The van der Waals surface area contributed by atoms with E-state index in [9.17, 15) is 22.0 Å². The summed E-state index contributed by atoms with van der Waals surface area (Å²) in [6.45, 7) is -0.0238. The molecule has 2 N–H and O–H groups in total. The van der Waals surface area contributed by atoms with Crippen molar-refractivity contribution in [3.8, 4) is 0 Å². The number of aliphatic hydroxyl groups excluding tert-OH is 1. The Morgan fingerprint density at radius 3 is 2.41 bits per heavy atom. The summed E-state index contributed by atoms with van der Waals surface area (Å²) in [5.41, 5.74) is 1.31. The standard InChI is InChI=1S/C14H12F5NOS/c15-13(16,14(17,18)19)12-5-4-11(22-12)7-20-10-3-1-2-9(6-10)8-21/h1-6,20-21H,7-8H2. The lowest BCUT2D eigenvalue weighted by Gasteiger charge is -2.17. The van der Waals surface area contributed by atoms with Gasteiger partial charge in [-0.25, -0.2) is 0 Å². The van der Waals surface area contributed by atoms with Crippen LogP contribution >= 0.6 is 11.3 Å². The summed E-state index contributed by atoms with van der Waals surface area (Å²) in [6, 6.07) is 8.81. The SMILES string of the molecule is OCc1cccc(NCc2ccc(C(F)(F)C(F)(F)F)s2)c1. The third-order valence-electron chi connectivity index (χ3n) is 2.90. The lowest BCUT2D eigenvalue weighted by atomic mass is 10.2. The molecule has 0 spiro atoms. The van der Waals surface area contributed by atoms with Gasteiger partial charge in [0.25, 0.3) is 0 Å². The Morgan fingerprint density at radius 2 is 1.77 bits per heavy atom. The number of rotatable bonds is 5. The zero-order chi connectivity index (χ0) is 16.4. The fraction of sp³-hybridized carbons (Fsp3) is 0.286. The van der Waals surface area contributed by atoms with Crippen LogP contribution in [-0.4, -0.2) is 11.3 Å². The van der Waals surface area contributed by atoms with Gasteiger partial charge in [-0.3, -0.25) is 0 Å². The Balaban J connectivity index is 2.06. The summed E-state index contributed by atoms with van der Waals surface area (Å²) in [5.74, 6) is -4.84.